The lowest BCUT2D eigenvalue weighted by molar-refractivity contribution is -0.122. The van der Waals surface area contributed by atoms with E-state index in [1.165, 1.54) is 0 Å². The van der Waals surface area contributed by atoms with Crippen LogP contribution >= 0.6 is 11.3 Å². The molecule has 0 aliphatic heterocycles. The summed E-state index contributed by atoms with van der Waals surface area (Å²) in [6, 6.07) is 6.91. The van der Waals surface area contributed by atoms with E-state index in [1.807, 2.05) is 13.8 Å². The lowest BCUT2D eigenvalue weighted by atomic mass is 10.1. The van der Waals surface area contributed by atoms with Crippen LogP contribution in [-0.4, -0.2) is 55.6 Å². The monoisotopic (exact) mass is 462 g/mol. The van der Waals surface area contributed by atoms with Gasteiger partial charge in [0.2, 0.25) is 0 Å². The van der Waals surface area contributed by atoms with Gasteiger partial charge in [-0.25, -0.2) is 4.79 Å². The van der Waals surface area contributed by atoms with Gasteiger partial charge in [0.25, 0.3) is 11.8 Å². The van der Waals surface area contributed by atoms with Gasteiger partial charge < -0.3 is 24.4 Å². The molecular formula is C23H30N2O6S. The number of benzene rings is 1. The number of carbonyl (C=O) groups excluding carboxylic acids is 3. The maximum Gasteiger partial charge on any atom is 0.341 e. The highest BCUT2D eigenvalue weighted by Gasteiger charge is 2.29. The van der Waals surface area contributed by atoms with Crippen LogP contribution < -0.4 is 14.8 Å². The molecule has 1 unspecified atom stereocenters. The summed E-state index contributed by atoms with van der Waals surface area (Å²) in [5, 5.41) is 3.01. The Kier molecular flexibility index (Phi) is 9.07. The third-order valence-electron chi connectivity index (χ3n) is 4.83. The minimum Gasteiger partial charge on any atom is -0.497 e. The molecule has 0 fully saturated rings. The molecule has 8 nitrogen and oxygen atoms in total. The molecule has 0 radical (unpaired) electrons. The third-order valence-corrected chi connectivity index (χ3v) is 6.03. The first-order chi connectivity index (χ1) is 15.3. The Bertz CT molecular complexity index is 967. The van der Waals surface area contributed by atoms with Crippen molar-refractivity contribution in [2.45, 2.75) is 40.7 Å². The molecule has 2 amide bonds. The third kappa shape index (κ3) is 5.79. The molecule has 174 valence electrons. The molecule has 0 spiro atoms. The zero-order valence-electron chi connectivity index (χ0n) is 19.3. The number of nitrogens with one attached hydrogen (secondary N) is 1. The number of methoxy groups -OCH3 is 1. The van der Waals surface area contributed by atoms with E-state index in [-0.39, 0.29) is 23.1 Å². The van der Waals surface area contributed by atoms with Crippen LogP contribution in [-0.2, 0) is 9.53 Å². The molecule has 0 aliphatic rings. The minimum absolute atomic E-state index is 0.177. The number of thiophene rings is 1. The van der Waals surface area contributed by atoms with Crippen LogP contribution in [0.25, 0.3) is 0 Å². The fraction of sp³-hybridized carbons (Fsp3) is 0.435. The highest BCUT2D eigenvalue weighted by Crippen LogP contribution is 2.35. The molecule has 0 aliphatic carbocycles. The SMILES string of the molecule is CCOC(=O)c1c(NC(=O)C(C)Oc2cccc(OC)c2)sc(C(=O)N(CC)CC)c1C. The fourth-order valence-corrected chi connectivity index (χ4v) is 4.22. The molecule has 2 aromatic rings. The number of hydrogen-bond acceptors (Lipinski definition) is 7. The summed E-state index contributed by atoms with van der Waals surface area (Å²) in [6.07, 6.45) is -0.860. The number of anilines is 1. The summed E-state index contributed by atoms with van der Waals surface area (Å²) < 4.78 is 16.1. The molecule has 9 heteroatoms. The smallest absolute Gasteiger partial charge is 0.341 e. The van der Waals surface area contributed by atoms with Crippen molar-refractivity contribution in [3.05, 3.63) is 40.3 Å². The largest absolute Gasteiger partial charge is 0.497 e. The second-order valence-corrected chi connectivity index (χ2v) is 7.91. The Balaban J connectivity index is 2.31. The van der Waals surface area contributed by atoms with Gasteiger partial charge in [0.05, 0.1) is 24.2 Å². The average molecular weight is 463 g/mol. The normalized spacial score (nSPS) is 11.4. The Labute approximate surface area is 192 Å². The van der Waals surface area contributed by atoms with Crippen LogP contribution in [0.2, 0.25) is 0 Å². The minimum atomic E-state index is -0.860. The summed E-state index contributed by atoms with van der Waals surface area (Å²) in [5.74, 6) is -0.160. The molecule has 32 heavy (non-hydrogen) atoms. The quantitative estimate of drug-likeness (QED) is 0.534. The predicted octanol–water partition coefficient (Wildman–Crippen LogP) is 4.13. The van der Waals surface area contributed by atoms with Crippen molar-refractivity contribution >= 4 is 34.1 Å². The molecule has 2 rings (SSSR count). The first kappa shape index (κ1) is 25.2. The standard InChI is InChI=1S/C23H30N2O6S/c1-7-25(8-2)22(27)19-14(4)18(23(28)30-9-3)21(32-19)24-20(26)15(5)31-17-12-10-11-16(13-17)29-6/h10-13,15H,7-9H2,1-6H3,(H,24,26). The van der Waals surface area contributed by atoms with Crippen LogP contribution in [0, 0.1) is 6.92 Å². The van der Waals surface area contributed by atoms with Gasteiger partial charge >= 0.3 is 5.97 Å². The highest BCUT2D eigenvalue weighted by molar-refractivity contribution is 7.18. The van der Waals surface area contributed by atoms with E-state index in [0.717, 1.165) is 11.3 Å². The van der Waals surface area contributed by atoms with E-state index in [1.54, 1.807) is 57.0 Å². The zero-order valence-corrected chi connectivity index (χ0v) is 20.1. The molecule has 1 atom stereocenters. The number of rotatable bonds is 10. The van der Waals surface area contributed by atoms with E-state index < -0.39 is 18.0 Å². The van der Waals surface area contributed by atoms with E-state index in [0.29, 0.717) is 35.0 Å². The molecule has 0 saturated carbocycles. The molecule has 1 heterocycles. The summed E-state index contributed by atoms with van der Waals surface area (Å²) in [7, 11) is 1.54. The lowest BCUT2D eigenvalue weighted by Crippen LogP contribution is -2.30. The molecule has 0 bridgehead atoms. The Morgan fingerprint density at radius 2 is 1.78 bits per heavy atom. The van der Waals surface area contributed by atoms with Gasteiger partial charge in [-0.3, -0.25) is 9.59 Å². The second-order valence-electron chi connectivity index (χ2n) is 6.89. The van der Waals surface area contributed by atoms with Crippen LogP contribution in [0.4, 0.5) is 5.00 Å². The van der Waals surface area contributed by atoms with E-state index in [4.69, 9.17) is 14.2 Å². The molecular weight excluding hydrogens is 432 g/mol. The molecule has 1 aromatic heterocycles. The Morgan fingerprint density at radius 1 is 1.12 bits per heavy atom. The number of amides is 2. The van der Waals surface area contributed by atoms with Gasteiger partial charge in [-0.15, -0.1) is 11.3 Å². The van der Waals surface area contributed by atoms with Crippen molar-refractivity contribution in [2.24, 2.45) is 0 Å². The van der Waals surface area contributed by atoms with Crippen molar-refractivity contribution in [3.8, 4) is 11.5 Å². The van der Waals surface area contributed by atoms with Gasteiger partial charge in [-0.05, 0) is 52.3 Å². The summed E-state index contributed by atoms with van der Waals surface area (Å²) >= 11 is 1.07. The average Bonchev–Trinajstić information content (AvgIpc) is 3.10. The lowest BCUT2D eigenvalue weighted by Gasteiger charge is -2.18. The van der Waals surface area contributed by atoms with Gasteiger partial charge in [-0.2, -0.15) is 0 Å². The highest BCUT2D eigenvalue weighted by atomic mass is 32.1. The first-order valence-electron chi connectivity index (χ1n) is 10.5. The van der Waals surface area contributed by atoms with Crippen molar-refractivity contribution in [3.63, 3.8) is 0 Å². The zero-order chi connectivity index (χ0) is 23.8. The van der Waals surface area contributed by atoms with Gasteiger partial charge in [0.1, 0.15) is 16.5 Å². The van der Waals surface area contributed by atoms with E-state index >= 15 is 0 Å². The number of carbonyl (C=O) groups is 3. The fourth-order valence-electron chi connectivity index (χ4n) is 3.05. The van der Waals surface area contributed by atoms with Crippen molar-refractivity contribution in [1.29, 1.82) is 0 Å². The van der Waals surface area contributed by atoms with Gasteiger partial charge in [0.15, 0.2) is 6.10 Å². The van der Waals surface area contributed by atoms with Gasteiger partial charge in [0, 0.05) is 19.2 Å². The van der Waals surface area contributed by atoms with Gasteiger partial charge in [-0.1, -0.05) is 6.07 Å². The maximum absolute atomic E-state index is 12.9. The Hall–Kier alpha value is -3.07. The van der Waals surface area contributed by atoms with E-state index in [2.05, 4.69) is 5.32 Å². The number of ether oxygens (including phenoxy) is 3. The van der Waals surface area contributed by atoms with Crippen molar-refractivity contribution in [1.82, 2.24) is 4.90 Å². The van der Waals surface area contributed by atoms with Crippen LogP contribution in [0.15, 0.2) is 24.3 Å². The number of hydrogen-bond donors (Lipinski definition) is 1. The van der Waals surface area contributed by atoms with Crippen LogP contribution in [0.1, 0.15) is 53.3 Å². The van der Waals surface area contributed by atoms with Crippen molar-refractivity contribution < 1.29 is 28.6 Å². The second kappa shape index (κ2) is 11.5. The molecule has 1 N–H and O–H groups in total. The summed E-state index contributed by atoms with van der Waals surface area (Å²) in [6.45, 7) is 10.0. The molecule has 0 saturated heterocycles. The number of esters is 1. The predicted molar refractivity (Wildman–Crippen MR) is 124 cm³/mol. The summed E-state index contributed by atoms with van der Waals surface area (Å²) in [5.41, 5.74) is 0.677. The first-order valence-corrected chi connectivity index (χ1v) is 11.3. The van der Waals surface area contributed by atoms with Crippen molar-refractivity contribution in [2.75, 3.05) is 32.1 Å². The molecule has 1 aromatic carbocycles. The Morgan fingerprint density at radius 3 is 2.38 bits per heavy atom. The topological polar surface area (TPSA) is 94.2 Å². The van der Waals surface area contributed by atoms with E-state index in [9.17, 15) is 14.4 Å². The van der Waals surface area contributed by atoms with Crippen LogP contribution in [0.3, 0.4) is 0 Å². The van der Waals surface area contributed by atoms with Crippen LogP contribution in [0.5, 0.6) is 11.5 Å². The summed E-state index contributed by atoms with van der Waals surface area (Å²) in [4.78, 5) is 40.4. The number of nitrogens with zero attached hydrogens (tertiary/aromatic N) is 1. The maximum atomic E-state index is 12.9.